The van der Waals surface area contributed by atoms with Gasteiger partial charge in [-0.25, -0.2) is 0 Å². The van der Waals surface area contributed by atoms with E-state index in [0.717, 1.165) is 10.8 Å². The van der Waals surface area contributed by atoms with E-state index in [4.69, 9.17) is 9.47 Å². The highest BCUT2D eigenvalue weighted by Crippen LogP contribution is 2.42. The molecule has 1 N–H and O–H groups in total. The number of carboxylic acids is 1. The van der Waals surface area contributed by atoms with Gasteiger partial charge in [0.1, 0.15) is 5.75 Å². The van der Waals surface area contributed by atoms with E-state index in [-0.39, 0.29) is 18.4 Å². The smallest absolute Gasteiger partial charge is 0.311 e. The normalized spacial score (nSPS) is 25.8. The zero-order valence-corrected chi connectivity index (χ0v) is 15.3. The third kappa shape index (κ3) is 3.04. The molecule has 1 unspecified atom stereocenters. The molecule has 2 aromatic carbocycles. The number of aliphatic carboxylic acids is 1. The first-order valence-corrected chi connectivity index (χ1v) is 9.25. The highest BCUT2D eigenvalue weighted by Gasteiger charge is 2.55. The maximum absolute atomic E-state index is 13.0. The lowest BCUT2D eigenvalue weighted by Crippen LogP contribution is -2.45. The standard InChI is InChI=1S/C21H23NO5/c1-14(27-18-8-4-6-15-5-2-3-7-17(15)18)19(23)22-11-16-12-26-10-9-21(16,13-22)20(24)25/h2-8,14,16H,9-13H2,1H3,(H,24,25)/t14?,16-,21+/m0/s1. The van der Waals surface area contributed by atoms with Crippen LogP contribution in [0.25, 0.3) is 10.8 Å². The minimum absolute atomic E-state index is 0.169. The van der Waals surface area contributed by atoms with Gasteiger partial charge < -0.3 is 19.5 Å². The van der Waals surface area contributed by atoms with Crippen LogP contribution in [0.1, 0.15) is 13.3 Å². The predicted molar refractivity (Wildman–Crippen MR) is 99.6 cm³/mol. The fraction of sp³-hybridized carbons (Fsp3) is 0.429. The number of fused-ring (bicyclic) bond motifs is 2. The molecule has 2 aliphatic rings. The number of hydrogen-bond donors (Lipinski definition) is 1. The molecule has 27 heavy (non-hydrogen) atoms. The Labute approximate surface area is 157 Å². The van der Waals surface area contributed by atoms with Gasteiger partial charge in [-0.3, -0.25) is 9.59 Å². The summed E-state index contributed by atoms with van der Waals surface area (Å²) in [6, 6.07) is 13.6. The van der Waals surface area contributed by atoms with Crippen LogP contribution in [0.2, 0.25) is 0 Å². The monoisotopic (exact) mass is 369 g/mol. The number of carbonyl (C=O) groups is 2. The Morgan fingerprint density at radius 2 is 2.04 bits per heavy atom. The number of carbonyl (C=O) groups excluding carboxylic acids is 1. The summed E-state index contributed by atoms with van der Waals surface area (Å²) >= 11 is 0. The average molecular weight is 369 g/mol. The molecule has 142 valence electrons. The lowest BCUT2D eigenvalue weighted by atomic mass is 9.74. The molecule has 2 heterocycles. The number of benzene rings is 2. The Hall–Kier alpha value is -2.60. The summed E-state index contributed by atoms with van der Waals surface area (Å²) in [6.07, 6.45) is -0.252. The number of ether oxygens (including phenoxy) is 2. The molecule has 6 heteroatoms. The molecular formula is C21H23NO5. The minimum Gasteiger partial charge on any atom is -0.481 e. The van der Waals surface area contributed by atoms with Gasteiger partial charge in [-0.05, 0) is 24.8 Å². The minimum atomic E-state index is -0.896. The first-order valence-electron chi connectivity index (χ1n) is 9.25. The second kappa shape index (κ2) is 6.85. The zero-order valence-electron chi connectivity index (χ0n) is 15.3. The van der Waals surface area contributed by atoms with Crippen LogP contribution in [0.3, 0.4) is 0 Å². The van der Waals surface area contributed by atoms with E-state index in [2.05, 4.69) is 0 Å². The van der Waals surface area contributed by atoms with Gasteiger partial charge in [-0.15, -0.1) is 0 Å². The van der Waals surface area contributed by atoms with Crippen molar-refractivity contribution >= 4 is 22.6 Å². The summed E-state index contributed by atoms with van der Waals surface area (Å²) < 4.78 is 11.4. The maximum atomic E-state index is 13.0. The van der Waals surface area contributed by atoms with Gasteiger partial charge in [0.05, 0.1) is 12.0 Å². The van der Waals surface area contributed by atoms with Gasteiger partial charge >= 0.3 is 5.97 Å². The second-order valence-corrected chi connectivity index (χ2v) is 7.44. The number of amides is 1. The van der Waals surface area contributed by atoms with Crippen molar-refractivity contribution in [1.82, 2.24) is 4.90 Å². The van der Waals surface area contributed by atoms with Crippen molar-refractivity contribution in [2.24, 2.45) is 11.3 Å². The third-order valence-corrected chi connectivity index (χ3v) is 5.85. The number of likely N-dealkylation sites (tertiary alicyclic amines) is 1. The first-order chi connectivity index (χ1) is 13.0. The molecule has 0 saturated carbocycles. The molecule has 0 bridgehead atoms. The van der Waals surface area contributed by atoms with Crippen LogP contribution in [0.15, 0.2) is 42.5 Å². The lowest BCUT2D eigenvalue weighted by Gasteiger charge is -2.33. The number of carboxylic acid groups (broad SMARTS) is 1. The van der Waals surface area contributed by atoms with E-state index < -0.39 is 17.5 Å². The van der Waals surface area contributed by atoms with E-state index in [9.17, 15) is 14.7 Å². The van der Waals surface area contributed by atoms with Crippen LogP contribution in [-0.4, -0.2) is 54.3 Å². The Morgan fingerprint density at radius 1 is 1.26 bits per heavy atom. The van der Waals surface area contributed by atoms with Crippen LogP contribution < -0.4 is 4.74 Å². The van der Waals surface area contributed by atoms with Crippen LogP contribution >= 0.6 is 0 Å². The summed E-state index contributed by atoms with van der Waals surface area (Å²) in [4.78, 5) is 26.5. The van der Waals surface area contributed by atoms with E-state index in [0.29, 0.717) is 31.9 Å². The van der Waals surface area contributed by atoms with E-state index in [1.165, 1.54) is 0 Å². The van der Waals surface area contributed by atoms with Gasteiger partial charge in [0.15, 0.2) is 6.10 Å². The summed E-state index contributed by atoms with van der Waals surface area (Å²) in [5.74, 6) is -0.536. The van der Waals surface area contributed by atoms with Crippen molar-refractivity contribution in [2.75, 3.05) is 26.3 Å². The highest BCUT2D eigenvalue weighted by atomic mass is 16.5. The average Bonchev–Trinajstić information content (AvgIpc) is 3.09. The topological polar surface area (TPSA) is 76.1 Å². The molecule has 4 rings (SSSR count). The molecule has 0 aromatic heterocycles. The number of rotatable bonds is 4. The molecular weight excluding hydrogens is 346 g/mol. The molecule has 0 aliphatic carbocycles. The van der Waals surface area contributed by atoms with Gasteiger partial charge in [0, 0.05) is 31.0 Å². The summed E-state index contributed by atoms with van der Waals surface area (Å²) in [5, 5.41) is 11.8. The molecule has 6 nitrogen and oxygen atoms in total. The zero-order chi connectivity index (χ0) is 19.0. The fourth-order valence-electron chi connectivity index (χ4n) is 4.26. The van der Waals surface area contributed by atoms with Crippen molar-refractivity contribution in [3.05, 3.63) is 42.5 Å². The van der Waals surface area contributed by atoms with Crippen LogP contribution in [0.4, 0.5) is 0 Å². The van der Waals surface area contributed by atoms with E-state index in [1.807, 2.05) is 42.5 Å². The van der Waals surface area contributed by atoms with Crippen LogP contribution in [-0.2, 0) is 14.3 Å². The van der Waals surface area contributed by atoms with Gasteiger partial charge in [-0.2, -0.15) is 0 Å². The molecule has 3 atom stereocenters. The molecule has 2 fully saturated rings. The molecule has 2 saturated heterocycles. The molecule has 0 radical (unpaired) electrons. The van der Waals surface area contributed by atoms with Crippen molar-refractivity contribution < 1.29 is 24.2 Å². The van der Waals surface area contributed by atoms with Gasteiger partial charge in [0.2, 0.25) is 0 Å². The molecule has 0 spiro atoms. The highest BCUT2D eigenvalue weighted by molar-refractivity contribution is 5.89. The fourth-order valence-corrected chi connectivity index (χ4v) is 4.26. The number of nitrogens with zero attached hydrogens (tertiary/aromatic N) is 1. The number of hydrogen-bond acceptors (Lipinski definition) is 4. The largest absolute Gasteiger partial charge is 0.481 e. The maximum Gasteiger partial charge on any atom is 0.311 e. The Morgan fingerprint density at radius 3 is 2.81 bits per heavy atom. The van der Waals surface area contributed by atoms with Crippen LogP contribution in [0, 0.1) is 11.3 Å². The van der Waals surface area contributed by atoms with Gasteiger partial charge in [-0.1, -0.05) is 36.4 Å². The Kier molecular flexibility index (Phi) is 4.52. The summed E-state index contributed by atoms with van der Waals surface area (Å²) in [5.41, 5.74) is -0.896. The molecule has 2 aliphatic heterocycles. The molecule has 2 aromatic rings. The van der Waals surface area contributed by atoms with Crippen molar-refractivity contribution in [1.29, 1.82) is 0 Å². The third-order valence-electron chi connectivity index (χ3n) is 5.85. The van der Waals surface area contributed by atoms with Crippen molar-refractivity contribution in [2.45, 2.75) is 19.4 Å². The SMILES string of the molecule is CC(Oc1cccc2ccccc12)C(=O)N1C[C@H]2COCC[C@@]2(C(=O)O)C1. The van der Waals surface area contributed by atoms with Gasteiger partial charge in [0.25, 0.3) is 5.91 Å². The van der Waals surface area contributed by atoms with E-state index in [1.54, 1.807) is 11.8 Å². The van der Waals surface area contributed by atoms with Crippen LogP contribution in [0.5, 0.6) is 5.75 Å². The first kappa shape index (κ1) is 17.8. The Balaban J connectivity index is 1.52. The van der Waals surface area contributed by atoms with Crippen molar-refractivity contribution in [3.63, 3.8) is 0 Å². The lowest BCUT2D eigenvalue weighted by molar-refractivity contribution is -0.157. The summed E-state index contributed by atoms with van der Waals surface area (Å²) in [6.45, 7) is 3.14. The van der Waals surface area contributed by atoms with E-state index >= 15 is 0 Å². The summed E-state index contributed by atoms with van der Waals surface area (Å²) in [7, 11) is 0. The Bertz CT molecular complexity index is 877. The second-order valence-electron chi connectivity index (χ2n) is 7.44. The molecule has 1 amide bonds. The quantitative estimate of drug-likeness (QED) is 0.896. The predicted octanol–water partition coefficient (Wildman–Crippen LogP) is 2.56. The van der Waals surface area contributed by atoms with Crippen molar-refractivity contribution in [3.8, 4) is 5.75 Å².